The molecule has 0 radical (unpaired) electrons. The van der Waals surface area contributed by atoms with Crippen LogP contribution in [0.2, 0.25) is 0 Å². The third-order valence-corrected chi connectivity index (χ3v) is 5.08. The van der Waals surface area contributed by atoms with E-state index in [1.165, 1.54) is 12.8 Å². The van der Waals surface area contributed by atoms with Gasteiger partial charge in [0.05, 0.1) is 13.0 Å². The molecule has 1 atom stereocenters. The average Bonchev–Trinajstić information content (AvgIpc) is 3.37. The highest BCUT2D eigenvalue weighted by atomic mass is 16.5. The van der Waals surface area contributed by atoms with Crippen molar-refractivity contribution in [3.05, 3.63) is 29.8 Å². The van der Waals surface area contributed by atoms with E-state index in [-0.39, 0.29) is 17.7 Å². The van der Waals surface area contributed by atoms with E-state index in [1.807, 2.05) is 34.1 Å². The lowest BCUT2D eigenvalue weighted by Gasteiger charge is -2.25. The van der Waals surface area contributed by atoms with E-state index in [1.54, 1.807) is 7.11 Å². The Kier molecular flexibility index (Phi) is 5.61. The Bertz CT molecular complexity index is 610. The van der Waals surface area contributed by atoms with Crippen LogP contribution in [-0.4, -0.2) is 48.4 Å². The van der Waals surface area contributed by atoms with E-state index in [0.717, 1.165) is 30.8 Å². The lowest BCUT2D eigenvalue weighted by Crippen LogP contribution is -2.39. The van der Waals surface area contributed by atoms with Crippen LogP contribution < -0.4 is 4.74 Å². The second-order valence-corrected chi connectivity index (χ2v) is 7.25. The Labute approximate surface area is 149 Å². The standard InChI is InChI=1S/C20H28N2O3/c1-3-10-21(12-15-4-5-15)20(24)17-11-19(23)22(14-17)13-16-6-8-18(25-2)9-7-16/h6-9,15,17H,3-5,10-14H2,1-2H3. The molecule has 1 aliphatic heterocycles. The van der Waals surface area contributed by atoms with Crippen molar-refractivity contribution in [1.82, 2.24) is 9.80 Å². The maximum absolute atomic E-state index is 12.9. The van der Waals surface area contributed by atoms with Crippen LogP contribution in [0.25, 0.3) is 0 Å². The quantitative estimate of drug-likeness (QED) is 0.728. The summed E-state index contributed by atoms with van der Waals surface area (Å²) in [7, 11) is 1.64. The molecule has 136 valence electrons. The van der Waals surface area contributed by atoms with Gasteiger partial charge in [-0.25, -0.2) is 0 Å². The number of likely N-dealkylation sites (tertiary alicyclic amines) is 1. The van der Waals surface area contributed by atoms with Crippen molar-refractivity contribution >= 4 is 11.8 Å². The Morgan fingerprint density at radius 3 is 2.60 bits per heavy atom. The first kappa shape index (κ1) is 17.8. The number of hydrogen-bond donors (Lipinski definition) is 0. The first-order valence-corrected chi connectivity index (χ1v) is 9.30. The van der Waals surface area contributed by atoms with Crippen LogP contribution in [0.3, 0.4) is 0 Å². The summed E-state index contributed by atoms with van der Waals surface area (Å²) in [5.74, 6) is 1.55. The van der Waals surface area contributed by atoms with Crippen molar-refractivity contribution < 1.29 is 14.3 Å². The number of benzene rings is 1. The molecule has 3 rings (SSSR count). The topological polar surface area (TPSA) is 49.9 Å². The normalized spacial score (nSPS) is 20.0. The van der Waals surface area contributed by atoms with E-state index >= 15 is 0 Å². The maximum Gasteiger partial charge on any atom is 0.228 e. The number of ether oxygens (including phenoxy) is 1. The molecule has 1 unspecified atom stereocenters. The van der Waals surface area contributed by atoms with Gasteiger partial charge in [0.2, 0.25) is 11.8 Å². The van der Waals surface area contributed by atoms with E-state index in [9.17, 15) is 9.59 Å². The minimum atomic E-state index is -0.184. The lowest BCUT2D eigenvalue weighted by molar-refractivity contribution is -0.136. The fourth-order valence-corrected chi connectivity index (χ4v) is 3.47. The predicted molar refractivity (Wildman–Crippen MR) is 96.1 cm³/mol. The highest BCUT2D eigenvalue weighted by Crippen LogP contribution is 2.31. The minimum absolute atomic E-state index is 0.0806. The van der Waals surface area contributed by atoms with Crippen molar-refractivity contribution in [3.8, 4) is 5.75 Å². The van der Waals surface area contributed by atoms with Gasteiger partial charge in [0.25, 0.3) is 0 Å². The average molecular weight is 344 g/mol. The number of rotatable bonds is 8. The highest BCUT2D eigenvalue weighted by Gasteiger charge is 2.37. The molecule has 0 aromatic heterocycles. The summed E-state index contributed by atoms with van der Waals surface area (Å²) in [5, 5.41) is 0. The van der Waals surface area contributed by atoms with Crippen molar-refractivity contribution in [2.45, 2.75) is 39.2 Å². The van der Waals surface area contributed by atoms with Gasteiger partial charge in [0.1, 0.15) is 5.75 Å². The largest absolute Gasteiger partial charge is 0.497 e. The van der Waals surface area contributed by atoms with Crippen molar-refractivity contribution in [2.24, 2.45) is 11.8 Å². The number of carbonyl (C=O) groups excluding carboxylic acids is 2. The van der Waals surface area contributed by atoms with Crippen molar-refractivity contribution in [2.75, 3.05) is 26.7 Å². The zero-order valence-electron chi connectivity index (χ0n) is 15.2. The summed E-state index contributed by atoms with van der Waals surface area (Å²) in [6.07, 6.45) is 3.79. The monoisotopic (exact) mass is 344 g/mol. The first-order chi connectivity index (χ1) is 12.1. The minimum Gasteiger partial charge on any atom is -0.497 e. The van der Waals surface area contributed by atoms with E-state index in [4.69, 9.17) is 4.74 Å². The smallest absolute Gasteiger partial charge is 0.228 e. The summed E-state index contributed by atoms with van der Waals surface area (Å²) in [5.41, 5.74) is 1.06. The summed E-state index contributed by atoms with van der Waals surface area (Å²) < 4.78 is 5.16. The third kappa shape index (κ3) is 4.53. The number of amides is 2. The van der Waals surface area contributed by atoms with Crippen LogP contribution >= 0.6 is 0 Å². The van der Waals surface area contributed by atoms with E-state index < -0.39 is 0 Å². The number of carbonyl (C=O) groups is 2. The molecule has 2 aliphatic rings. The molecule has 1 heterocycles. The Morgan fingerprint density at radius 2 is 2.00 bits per heavy atom. The fourth-order valence-electron chi connectivity index (χ4n) is 3.47. The number of methoxy groups -OCH3 is 1. The molecule has 5 heteroatoms. The molecular formula is C20H28N2O3. The number of hydrogen-bond acceptors (Lipinski definition) is 3. The van der Waals surface area contributed by atoms with Gasteiger partial charge in [-0.1, -0.05) is 19.1 Å². The molecule has 1 aromatic carbocycles. The molecule has 2 fully saturated rings. The Morgan fingerprint density at radius 1 is 1.28 bits per heavy atom. The van der Waals surface area contributed by atoms with Gasteiger partial charge in [0, 0.05) is 32.6 Å². The van der Waals surface area contributed by atoms with Gasteiger partial charge >= 0.3 is 0 Å². The fraction of sp³-hybridized carbons (Fsp3) is 0.600. The molecule has 0 bridgehead atoms. The SMILES string of the molecule is CCCN(CC1CC1)C(=O)C1CC(=O)N(Cc2ccc(OC)cc2)C1. The maximum atomic E-state index is 12.9. The third-order valence-electron chi connectivity index (χ3n) is 5.08. The van der Waals surface area contributed by atoms with Crippen LogP contribution in [0.4, 0.5) is 0 Å². The molecule has 25 heavy (non-hydrogen) atoms. The molecule has 2 amide bonds. The predicted octanol–water partition coefficient (Wildman–Crippen LogP) is 2.69. The van der Waals surface area contributed by atoms with Crippen molar-refractivity contribution in [1.29, 1.82) is 0 Å². The van der Waals surface area contributed by atoms with Crippen molar-refractivity contribution in [3.63, 3.8) is 0 Å². The van der Waals surface area contributed by atoms with Crippen LogP contribution in [0.1, 0.15) is 38.2 Å². The second kappa shape index (κ2) is 7.89. The highest BCUT2D eigenvalue weighted by molar-refractivity contribution is 5.89. The van der Waals surface area contributed by atoms with Gasteiger partial charge < -0.3 is 14.5 Å². The number of nitrogens with zero attached hydrogens (tertiary/aromatic N) is 2. The van der Waals surface area contributed by atoms with E-state index in [0.29, 0.717) is 25.4 Å². The summed E-state index contributed by atoms with van der Waals surface area (Å²) in [6, 6.07) is 7.74. The molecule has 1 saturated heterocycles. The molecule has 5 nitrogen and oxygen atoms in total. The van der Waals surface area contributed by atoms with Crippen LogP contribution in [0.15, 0.2) is 24.3 Å². The van der Waals surface area contributed by atoms with Gasteiger partial charge in [-0.2, -0.15) is 0 Å². The molecule has 1 aromatic rings. The van der Waals surface area contributed by atoms with Crippen LogP contribution in [0, 0.1) is 11.8 Å². The molecule has 1 saturated carbocycles. The summed E-state index contributed by atoms with van der Waals surface area (Å²) >= 11 is 0. The Balaban J connectivity index is 1.59. The van der Waals surface area contributed by atoms with Crippen LogP contribution in [-0.2, 0) is 16.1 Å². The van der Waals surface area contributed by atoms with Gasteiger partial charge in [-0.3, -0.25) is 9.59 Å². The Hall–Kier alpha value is -2.04. The first-order valence-electron chi connectivity index (χ1n) is 9.30. The zero-order valence-corrected chi connectivity index (χ0v) is 15.2. The molecule has 1 aliphatic carbocycles. The molecular weight excluding hydrogens is 316 g/mol. The van der Waals surface area contributed by atoms with E-state index in [2.05, 4.69) is 6.92 Å². The summed E-state index contributed by atoms with van der Waals surface area (Å²) in [4.78, 5) is 29.0. The van der Waals surface area contributed by atoms with Gasteiger partial charge in [0.15, 0.2) is 0 Å². The summed E-state index contributed by atoms with van der Waals surface area (Å²) in [6.45, 7) is 4.87. The molecule has 0 N–H and O–H groups in total. The lowest BCUT2D eigenvalue weighted by atomic mass is 10.1. The van der Waals surface area contributed by atoms with Gasteiger partial charge in [-0.05, 0) is 42.9 Å². The second-order valence-electron chi connectivity index (χ2n) is 7.25. The van der Waals surface area contributed by atoms with Gasteiger partial charge in [-0.15, -0.1) is 0 Å². The van der Waals surface area contributed by atoms with Crippen LogP contribution in [0.5, 0.6) is 5.75 Å². The molecule has 0 spiro atoms. The zero-order chi connectivity index (χ0) is 17.8.